The zero-order valence-corrected chi connectivity index (χ0v) is 9.81. The van der Waals surface area contributed by atoms with Gasteiger partial charge in [0, 0.05) is 23.4 Å². The molecule has 0 bridgehead atoms. The van der Waals surface area contributed by atoms with Gasteiger partial charge in [0.1, 0.15) is 11.6 Å². The molecule has 4 heteroatoms. The summed E-state index contributed by atoms with van der Waals surface area (Å²) in [6.07, 6.45) is 2.00. The van der Waals surface area contributed by atoms with Gasteiger partial charge in [-0.05, 0) is 19.2 Å². The van der Waals surface area contributed by atoms with Crippen molar-refractivity contribution in [1.29, 1.82) is 0 Å². The Morgan fingerprint density at radius 3 is 2.87 bits per heavy atom. The molecule has 0 saturated carbocycles. The number of halogens is 1. The van der Waals surface area contributed by atoms with Crippen LogP contribution in [0.5, 0.6) is 5.75 Å². The second-order valence-corrected chi connectivity index (χ2v) is 4.30. The first kappa shape index (κ1) is 12.3. The number of benzene rings is 1. The van der Waals surface area contributed by atoms with Gasteiger partial charge in [0.25, 0.3) is 0 Å². The number of hydrogen-bond acceptors (Lipinski definition) is 3. The van der Waals surface area contributed by atoms with E-state index in [-0.39, 0.29) is 11.9 Å². The van der Waals surface area contributed by atoms with Crippen molar-refractivity contribution in [3.05, 3.63) is 29.6 Å². The van der Waals surface area contributed by atoms with Crippen LogP contribution >= 0.6 is 11.8 Å². The topological polar surface area (TPSA) is 35.2 Å². The minimum Gasteiger partial charge on any atom is -0.492 e. The third-order valence-corrected chi connectivity index (χ3v) is 2.59. The maximum absolute atomic E-state index is 13.0. The van der Waals surface area contributed by atoms with Crippen LogP contribution in [0.1, 0.15) is 18.5 Å². The molecule has 2 N–H and O–H groups in total. The molecule has 1 aromatic rings. The molecule has 0 unspecified atom stereocenters. The fourth-order valence-electron chi connectivity index (χ4n) is 1.24. The first-order valence-electron chi connectivity index (χ1n) is 4.82. The third-order valence-electron chi connectivity index (χ3n) is 2.01. The zero-order chi connectivity index (χ0) is 11.3. The number of hydrogen-bond donors (Lipinski definition) is 1. The van der Waals surface area contributed by atoms with Gasteiger partial charge in [0.15, 0.2) is 0 Å². The normalized spacial score (nSPS) is 12.5. The molecule has 84 valence electrons. The first-order chi connectivity index (χ1) is 7.15. The monoisotopic (exact) mass is 229 g/mol. The van der Waals surface area contributed by atoms with Crippen LogP contribution in [0, 0.1) is 5.82 Å². The van der Waals surface area contributed by atoms with Crippen LogP contribution in [0.15, 0.2) is 18.2 Å². The van der Waals surface area contributed by atoms with Crippen molar-refractivity contribution in [2.45, 2.75) is 13.0 Å². The molecular formula is C11H16FNOS. The van der Waals surface area contributed by atoms with E-state index in [1.165, 1.54) is 12.1 Å². The highest BCUT2D eigenvalue weighted by molar-refractivity contribution is 7.98. The van der Waals surface area contributed by atoms with Gasteiger partial charge < -0.3 is 10.5 Å². The predicted octanol–water partition coefficient (Wildman–Crippen LogP) is 2.59. The molecule has 2 nitrogen and oxygen atoms in total. The van der Waals surface area contributed by atoms with Crippen LogP contribution in [-0.4, -0.2) is 18.6 Å². The van der Waals surface area contributed by atoms with Crippen LogP contribution in [0.2, 0.25) is 0 Å². The summed E-state index contributed by atoms with van der Waals surface area (Å²) in [7, 11) is 0. The van der Waals surface area contributed by atoms with E-state index >= 15 is 0 Å². The molecule has 1 atom stereocenters. The Kier molecular flexibility index (Phi) is 4.91. The maximum Gasteiger partial charge on any atom is 0.127 e. The van der Waals surface area contributed by atoms with Gasteiger partial charge >= 0.3 is 0 Å². The van der Waals surface area contributed by atoms with Gasteiger partial charge in [-0.15, -0.1) is 0 Å². The minimum absolute atomic E-state index is 0.144. The Labute approximate surface area is 94.0 Å². The molecule has 1 rings (SSSR count). The molecule has 0 aromatic heterocycles. The number of nitrogens with two attached hydrogens (primary N) is 1. The summed E-state index contributed by atoms with van der Waals surface area (Å²) in [6, 6.07) is 4.32. The predicted molar refractivity (Wildman–Crippen MR) is 62.9 cm³/mol. The van der Waals surface area contributed by atoms with E-state index in [1.807, 2.05) is 13.2 Å². The highest BCUT2D eigenvalue weighted by Crippen LogP contribution is 2.24. The lowest BCUT2D eigenvalue weighted by atomic mass is 10.1. The van der Waals surface area contributed by atoms with Crippen LogP contribution < -0.4 is 10.5 Å². The van der Waals surface area contributed by atoms with Crippen LogP contribution in [0.4, 0.5) is 4.39 Å². The summed E-state index contributed by atoms with van der Waals surface area (Å²) >= 11 is 1.69. The molecule has 0 aliphatic rings. The minimum atomic E-state index is -0.293. The van der Waals surface area contributed by atoms with Gasteiger partial charge in [0.2, 0.25) is 0 Å². The molecular weight excluding hydrogens is 213 g/mol. The number of ether oxygens (including phenoxy) is 1. The molecule has 0 radical (unpaired) electrons. The van der Waals surface area contributed by atoms with Crippen LogP contribution in [-0.2, 0) is 0 Å². The largest absolute Gasteiger partial charge is 0.492 e. The lowest BCUT2D eigenvalue weighted by molar-refractivity contribution is 0.336. The average molecular weight is 229 g/mol. The second kappa shape index (κ2) is 5.98. The first-order valence-corrected chi connectivity index (χ1v) is 6.21. The number of thioether (sulfide) groups is 1. The Hall–Kier alpha value is -0.740. The number of rotatable bonds is 5. The standard InChI is InChI=1S/C11H16FNOS/c1-8(13)10-4-3-9(12)7-11(10)14-5-6-15-2/h3-4,7-8H,5-6,13H2,1-2H3/t8-/m0/s1. The summed E-state index contributed by atoms with van der Waals surface area (Å²) in [5.41, 5.74) is 6.61. The van der Waals surface area contributed by atoms with E-state index in [0.717, 1.165) is 11.3 Å². The van der Waals surface area contributed by atoms with E-state index in [1.54, 1.807) is 17.8 Å². The highest BCUT2D eigenvalue weighted by atomic mass is 32.2. The van der Waals surface area contributed by atoms with E-state index in [9.17, 15) is 4.39 Å². The van der Waals surface area contributed by atoms with E-state index in [4.69, 9.17) is 10.5 Å². The molecule has 0 heterocycles. The molecule has 0 aliphatic carbocycles. The van der Waals surface area contributed by atoms with Crippen molar-refractivity contribution in [3.8, 4) is 5.75 Å². The van der Waals surface area contributed by atoms with Gasteiger partial charge in [-0.1, -0.05) is 6.07 Å². The Balaban J connectivity index is 2.77. The maximum atomic E-state index is 13.0. The van der Waals surface area contributed by atoms with Crippen molar-refractivity contribution in [2.24, 2.45) is 5.73 Å². The third kappa shape index (κ3) is 3.72. The van der Waals surface area contributed by atoms with E-state index in [2.05, 4.69) is 0 Å². The van der Waals surface area contributed by atoms with Gasteiger partial charge in [-0.2, -0.15) is 11.8 Å². The van der Waals surface area contributed by atoms with Crippen LogP contribution in [0.3, 0.4) is 0 Å². The quantitative estimate of drug-likeness (QED) is 0.788. The second-order valence-electron chi connectivity index (χ2n) is 3.31. The van der Waals surface area contributed by atoms with Gasteiger partial charge in [-0.3, -0.25) is 0 Å². The fraction of sp³-hybridized carbons (Fsp3) is 0.455. The summed E-state index contributed by atoms with van der Waals surface area (Å²) in [6.45, 7) is 2.43. The van der Waals surface area contributed by atoms with Crippen molar-refractivity contribution < 1.29 is 9.13 Å². The molecule has 0 fully saturated rings. The smallest absolute Gasteiger partial charge is 0.127 e. The fourth-order valence-corrected chi connectivity index (χ4v) is 1.49. The van der Waals surface area contributed by atoms with Crippen molar-refractivity contribution >= 4 is 11.8 Å². The molecule has 0 amide bonds. The summed E-state index contributed by atoms with van der Waals surface area (Å²) in [5.74, 6) is 1.15. The highest BCUT2D eigenvalue weighted by Gasteiger charge is 2.08. The summed E-state index contributed by atoms with van der Waals surface area (Å²) in [4.78, 5) is 0. The molecule has 0 aliphatic heterocycles. The van der Waals surface area contributed by atoms with Crippen molar-refractivity contribution in [2.75, 3.05) is 18.6 Å². The Morgan fingerprint density at radius 2 is 2.27 bits per heavy atom. The molecule has 15 heavy (non-hydrogen) atoms. The van der Waals surface area contributed by atoms with E-state index in [0.29, 0.717) is 12.4 Å². The SMILES string of the molecule is CSCCOc1cc(F)ccc1[C@H](C)N. The molecule has 0 saturated heterocycles. The van der Waals surface area contributed by atoms with Gasteiger partial charge in [-0.25, -0.2) is 4.39 Å². The molecule has 0 spiro atoms. The zero-order valence-electron chi connectivity index (χ0n) is 9.00. The van der Waals surface area contributed by atoms with Crippen molar-refractivity contribution in [3.63, 3.8) is 0 Å². The average Bonchev–Trinajstić information content (AvgIpc) is 2.18. The lowest BCUT2D eigenvalue weighted by Crippen LogP contribution is -2.09. The lowest BCUT2D eigenvalue weighted by Gasteiger charge is -2.13. The Bertz CT molecular complexity index is 317. The molecule has 1 aromatic carbocycles. The summed E-state index contributed by atoms with van der Waals surface area (Å²) < 4.78 is 18.5. The Morgan fingerprint density at radius 1 is 1.53 bits per heavy atom. The van der Waals surface area contributed by atoms with Crippen molar-refractivity contribution in [1.82, 2.24) is 0 Å². The van der Waals surface area contributed by atoms with Crippen LogP contribution in [0.25, 0.3) is 0 Å². The van der Waals surface area contributed by atoms with Gasteiger partial charge in [0.05, 0.1) is 6.61 Å². The van der Waals surface area contributed by atoms with E-state index < -0.39 is 0 Å². The summed E-state index contributed by atoms with van der Waals surface area (Å²) in [5, 5.41) is 0.